The van der Waals surface area contributed by atoms with Crippen LogP contribution in [-0.4, -0.2) is 106 Å². The Balaban J connectivity index is 1.06. The second-order valence-corrected chi connectivity index (χ2v) is 12.2. The third-order valence-electron chi connectivity index (χ3n) is 7.92. The van der Waals surface area contributed by atoms with Crippen molar-refractivity contribution in [2.24, 2.45) is 10.9 Å². The van der Waals surface area contributed by atoms with Gasteiger partial charge in [0.2, 0.25) is 0 Å². The van der Waals surface area contributed by atoms with Gasteiger partial charge in [0.1, 0.15) is 11.5 Å². The zero-order valence-electron chi connectivity index (χ0n) is 26.0. The Morgan fingerprint density at radius 2 is 1.49 bits per heavy atom. The fourth-order valence-corrected chi connectivity index (χ4v) is 6.40. The van der Waals surface area contributed by atoms with Crippen LogP contribution < -0.4 is 25.4 Å². The number of unbranched alkanes of at least 4 members (excludes halogenated alkanes) is 2. The monoisotopic (exact) mass is 638 g/mol. The van der Waals surface area contributed by atoms with E-state index in [-0.39, 0.29) is 5.84 Å². The molecule has 0 atom stereocenters. The molecule has 11 nitrogen and oxygen atoms in total. The van der Waals surface area contributed by atoms with Crippen LogP contribution in [-0.2, 0) is 15.9 Å². The minimum atomic E-state index is 0.0840. The van der Waals surface area contributed by atoms with Crippen molar-refractivity contribution in [2.45, 2.75) is 25.7 Å². The maximum Gasteiger partial charge on any atom is 0.186 e. The third kappa shape index (κ3) is 10.3. The highest BCUT2D eigenvalue weighted by molar-refractivity contribution is 7.16. The van der Waals surface area contributed by atoms with Crippen molar-refractivity contribution in [1.82, 2.24) is 15.2 Å². The Labute approximate surface area is 269 Å². The second kappa shape index (κ2) is 17.9. The average molecular weight is 639 g/mol. The number of nitrogens with zero attached hydrogens (tertiary/aromatic N) is 4. The molecule has 0 radical (unpaired) electrons. The Hall–Kier alpha value is -3.42. The maximum absolute atomic E-state index is 8.77. The lowest BCUT2D eigenvalue weighted by atomic mass is 10.1. The van der Waals surface area contributed by atoms with Crippen LogP contribution in [0.1, 0.15) is 29.7 Å². The van der Waals surface area contributed by atoms with Gasteiger partial charge >= 0.3 is 0 Å². The van der Waals surface area contributed by atoms with Gasteiger partial charge in [0.25, 0.3) is 0 Å². The van der Waals surface area contributed by atoms with Crippen molar-refractivity contribution >= 4 is 22.3 Å². The van der Waals surface area contributed by atoms with Crippen molar-refractivity contribution in [3.8, 4) is 22.8 Å². The number of oxime groups is 1. The summed E-state index contributed by atoms with van der Waals surface area (Å²) in [5, 5.41) is 16.5. The van der Waals surface area contributed by atoms with E-state index in [9.17, 15) is 0 Å². The van der Waals surface area contributed by atoms with Crippen molar-refractivity contribution in [3.63, 3.8) is 0 Å². The largest absolute Gasteiger partial charge is 0.494 e. The summed E-state index contributed by atoms with van der Waals surface area (Å²) in [4.78, 5) is 11.2. The first kappa shape index (κ1) is 33.0. The molecule has 12 heteroatoms. The molecule has 2 aromatic carbocycles. The van der Waals surface area contributed by atoms with Gasteiger partial charge in [-0.1, -0.05) is 5.16 Å². The summed E-state index contributed by atoms with van der Waals surface area (Å²) in [7, 11) is 0. The Morgan fingerprint density at radius 1 is 0.867 bits per heavy atom. The lowest BCUT2D eigenvalue weighted by molar-refractivity contribution is 0.0385. The highest BCUT2D eigenvalue weighted by Crippen LogP contribution is 2.34. The maximum atomic E-state index is 8.77. The summed E-state index contributed by atoms with van der Waals surface area (Å²) in [5.41, 5.74) is 8.45. The van der Waals surface area contributed by atoms with Crippen molar-refractivity contribution in [2.75, 3.05) is 90.4 Å². The van der Waals surface area contributed by atoms with Gasteiger partial charge in [0.15, 0.2) is 11.0 Å². The first-order valence-corrected chi connectivity index (χ1v) is 16.8. The topological polar surface area (TPSA) is 127 Å². The van der Waals surface area contributed by atoms with Gasteiger partial charge in [-0.15, -0.1) is 11.3 Å². The summed E-state index contributed by atoms with van der Waals surface area (Å²) in [6.45, 7) is 11.2. The van der Waals surface area contributed by atoms with Crippen LogP contribution in [0.4, 0.5) is 5.13 Å². The van der Waals surface area contributed by atoms with Crippen LogP contribution in [0.5, 0.6) is 11.5 Å². The SMILES string of the molecule is NC(=NO)c1ccc(OCCCCCOc2ccc(-c3nc(N4CCOCC4)sc3CCNCCN3CCOCC3)cc2)cc1. The van der Waals surface area contributed by atoms with E-state index >= 15 is 0 Å². The van der Waals surface area contributed by atoms with Gasteiger partial charge in [-0.05, 0) is 74.2 Å². The van der Waals surface area contributed by atoms with E-state index in [1.165, 1.54) is 4.88 Å². The lowest BCUT2D eigenvalue weighted by Crippen LogP contribution is -2.40. The molecule has 3 aromatic rings. The lowest BCUT2D eigenvalue weighted by Gasteiger charge is -2.26. The van der Waals surface area contributed by atoms with E-state index in [2.05, 4.69) is 44.5 Å². The number of nitrogens with one attached hydrogen (secondary N) is 1. The Morgan fingerprint density at radius 3 is 2.13 bits per heavy atom. The second-order valence-electron chi connectivity index (χ2n) is 11.1. The van der Waals surface area contributed by atoms with Gasteiger partial charge in [-0.25, -0.2) is 4.98 Å². The molecule has 0 saturated carbocycles. The number of amidine groups is 1. The third-order valence-corrected chi connectivity index (χ3v) is 9.09. The van der Waals surface area contributed by atoms with E-state index in [0.717, 1.165) is 126 Å². The van der Waals surface area contributed by atoms with Gasteiger partial charge in [0.05, 0.1) is 45.3 Å². The number of morpholine rings is 2. The van der Waals surface area contributed by atoms with Crippen LogP contribution in [0.2, 0.25) is 0 Å². The number of rotatable bonds is 17. The zero-order chi connectivity index (χ0) is 31.1. The summed E-state index contributed by atoms with van der Waals surface area (Å²) in [5.74, 6) is 1.72. The molecule has 0 bridgehead atoms. The quantitative estimate of drug-likeness (QED) is 0.0660. The predicted molar refractivity (Wildman–Crippen MR) is 178 cm³/mol. The fraction of sp³-hybridized carbons (Fsp3) is 0.515. The highest BCUT2D eigenvalue weighted by Gasteiger charge is 2.19. The Kier molecular flexibility index (Phi) is 13.1. The van der Waals surface area contributed by atoms with Crippen molar-refractivity contribution in [3.05, 3.63) is 59.0 Å². The molecule has 0 unspecified atom stereocenters. The van der Waals surface area contributed by atoms with Crippen molar-refractivity contribution < 1.29 is 24.2 Å². The number of anilines is 1. The fourth-order valence-electron chi connectivity index (χ4n) is 5.26. The molecule has 4 N–H and O–H groups in total. The molecule has 0 spiro atoms. The number of hydrogen-bond donors (Lipinski definition) is 3. The van der Waals surface area contributed by atoms with E-state index in [4.69, 9.17) is 34.9 Å². The van der Waals surface area contributed by atoms with E-state index in [1.807, 2.05) is 23.5 Å². The van der Waals surface area contributed by atoms with Crippen molar-refractivity contribution in [1.29, 1.82) is 0 Å². The molecule has 244 valence electrons. The molecule has 2 saturated heterocycles. The minimum Gasteiger partial charge on any atom is -0.494 e. The molecule has 1 aromatic heterocycles. The molecule has 45 heavy (non-hydrogen) atoms. The summed E-state index contributed by atoms with van der Waals surface area (Å²) in [6.07, 6.45) is 3.84. The standard InChI is InChI=1S/C33H46N6O5S/c34-32(37-40)27-6-10-29(11-7-27)44-21-3-1-2-20-43-28-8-4-26(5-9-28)31-30(45-33(36-31)39-18-24-42-25-19-39)12-13-35-14-15-38-16-22-41-23-17-38/h4-11,35,40H,1-3,12-25H2,(H2,34,37). The molecular formula is C33H46N6O5S. The molecule has 0 aliphatic carbocycles. The Bertz CT molecular complexity index is 1310. The molecule has 2 aliphatic rings. The van der Waals surface area contributed by atoms with Crippen LogP contribution >= 0.6 is 11.3 Å². The van der Waals surface area contributed by atoms with Crippen LogP contribution in [0.15, 0.2) is 53.7 Å². The molecular weight excluding hydrogens is 592 g/mol. The van der Waals surface area contributed by atoms with Gasteiger partial charge in [-0.2, -0.15) is 0 Å². The predicted octanol–water partition coefficient (Wildman–Crippen LogP) is 3.83. The summed E-state index contributed by atoms with van der Waals surface area (Å²) >= 11 is 1.81. The number of nitrogens with two attached hydrogens (primary N) is 1. The molecule has 5 rings (SSSR count). The van der Waals surface area contributed by atoms with E-state index in [0.29, 0.717) is 18.8 Å². The highest BCUT2D eigenvalue weighted by atomic mass is 32.1. The number of aromatic nitrogens is 1. The number of thiazole rings is 1. The van der Waals surface area contributed by atoms with E-state index in [1.54, 1.807) is 12.1 Å². The molecule has 3 heterocycles. The average Bonchev–Trinajstić information content (AvgIpc) is 3.53. The summed E-state index contributed by atoms with van der Waals surface area (Å²) < 4.78 is 22.9. The van der Waals surface area contributed by atoms with Crippen LogP contribution in [0, 0.1) is 0 Å². The smallest absolute Gasteiger partial charge is 0.186 e. The first-order chi connectivity index (χ1) is 22.2. The molecule has 2 aliphatic heterocycles. The van der Waals surface area contributed by atoms with Crippen LogP contribution in [0.3, 0.4) is 0 Å². The normalized spacial score (nSPS) is 16.2. The van der Waals surface area contributed by atoms with Crippen LogP contribution in [0.25, 0.3) is 11.3 Å². The van der Waals surface area contributed by atoms with E-state index < -0.39 is 0 Å². The van der Waals surface area contributed by atoms with Gasteiger partial charge in [-0.3, -0.25) is 4.90 Å². The number of benzene rings is 2. The first-order valence-electron chi connectivity index (χ1n) is 16.0. The molecule has 2 fully saturated rings. The van der Waals surface area contributed by atoms with Gasteiger partial charge in [0, 0.05) is 61.8 Å². The number of ether oxygens (including phenoxy) is 4. The summed E-state index contributed by atoms with van der Waals surface area (Å²) in [6, 6.07) is 15.5. The zero-order valence-corrected chi connectivity index (χ0v) is 26.8. The minimum absolute atomic E-state index is 0.0840. The van der Waals surface area contributed by atoms with Gasteiger partial charge < -0.3 is 40.1 Å². The number of hydrogen-bond acceptors (Lipinski definition) is 11. The molecule has 0 amide bonds.